The molecule has 2 unspecified atom stereocenters. The van der Waals surface area contributed by atoms with E-state index in [1.807, 2.05) is 4.90 Å². The number of rotatable bonds is 4. The maximum absolute atomic E-state index is 13.0. The van der Waals surface area contributed by atoms with Gasteiger partial charge in [-0.3, -0.25) is 4.79 Å². The standard InChI is InChI=1S/C21H25FN4O2S/c22-15-1-3-17(4-2-15)28-13-20(27)25-8-6-18-19(12-25)29-21(24-18)26-11-14-5-7-23-10-16(26)9-14/h1-4,14,16,23H,5-13H2. The van der Waals surface area contributed by atoms with E-state index in [2.05, 4.69) is 10.2 Å². The van der Waals surface area contributed by atoms with Crippen molar-refractivity contribution in [3.63, 3.8) is 0 Å². The summed E-state index contributed by atoms with van der Waals surface area (Å²) in [7, 11) is 0. The minimum atomic E-state index is -0.318. The van der Waals surface area contributed by atoms with E-state index in [0.29, 0.717) is 24.9 Å². The summed E-state index contributed by atoms with van der Waals surface area (Å²) in [4.78, 5) is 23.0. The van der Waals surface area contributed by atoms with Crippen LogP contribution in [-0.2, 0) is 17.8 Å². The topological polar surface area (TPSA) is 57.7 Å². The molecule has 2 saturated heterocycles. The largest absolute Gasteiger partial charge is 0.484 e. The summed E-state index contributed by atoms with van der Waals surface area (Å²) < 4.78 is 18.5. The van der Waals surface area contributed by atoms with Gasteiger partial charge in [-0.2, -0.15) is 0 Å². The van der Waals surface area contributed by atoms with Crippen LogP contribution in [0.2, 0.25) is 0 Å². The first-order valence-corrected chi connectivity index (χ1v) is 11.1. The predicted molar refractivity (Wildman–Crippen MR) is 110 cm³/mol. The Morgan fingerprint density at radius 2 is 2.21 bits per heavy atom. The van der Waals surface area contributed by atoms with Gasteiger partial charge >= 0.3 is 0 Å². The van der Waals surface area contributed by atoms with Crippen molar-refractivity contribution in [3.8, 4) is 5.75 Å². The Kier molecular flexibility index (Phi) is 5.13. The van der Waals surface area contributed by atoms with Crippen molar-refractivity contribution in [3.05, 3.63) is 40.7 Å². The Balaban J connectivity index is 1.22. The van der Waals surface area contributed by atoms with Crippen molar-refractivity contribution in [1.82, 2.24) is 15.2 Å². The Bertz CT molecular complexity index is 887. The molecule has 6 nitrogen and oxygen atoms in total. The molecule has 154 valence electrons. The summed E-state index contributed by atoms with van der Waals surface area (Å²) in [5, 5.41) is 4.65. The third-order valence-electron chi connectivity index (χ3n) is 6.10. The zero-order valence-electron chi connectivity index (χ0n) is 16.3. The minimum Gasteiger partial charge on any atom is -0.484 e. The van der Waals surface area contributed by atoms with Gasteiger partial charge in [-0.05, 0) is 49.6 Å². The number of fused-ring (bicyclic) bond motifs is 3. The number of hydrogen-bond donors (Lipinski definition) is 1. The average molecular weight is 417 g/mol. The summed E-state index contributed by atoms with van der Waals surface area (Å²) in [6, 6.07) is 6.27. The SMILES string of the molecule is O=C(COc1ccc(F)cc1)N1CCc2nc(N3CC4CCNCC3C4)sc2C1. The van der Waals surface area contributed by atoms with Crippen LogP contribution in [0.1, 0.15) is 23.4 Å². The molecule has 2 fully saturated rings. The normalized spacial score (nSPS) is 23.6. The van der Waals surface area contributed by atoms with E-state index in [1.165, 1.54) is 42.0 Å². The van der Waals surface area contributed by atoms with Gasteiger partial charge in [0, 0.05) is 37.0 Å². The van der Waals surface area contributed by atoms with Gasteiger partial charge in [-0.1, -0.05) is 11.3 Å². The highest BCUT2D eigenvalue weighted by atomic mass is 32.1. The van der Waals surface area contributed by atoms with E-state index >= 15 is 0 Å². The van der Waals surface area contributed by atoms with Crippen LogP contribution in [0.25, 0.3) is 0 Å². The third-order valence-corrected chi connectivity index (χ3v) is 7.22. The lowest BCUT2D eigenvalue weighted by Crippen LogP contribution is -2.39. The highest BCUT2D eigenvalue weighted by molar-refractivity contribution is 7.15. The van der Waals surface area contributed by atoms with Gasteiger partial charge in [-0.15, -0.1) is 0 Å². The van der Waals surface area contributed by atoms with Crippen molar-refractivity contribution in [2.75, 3.05) is 37.7 Å². The van der Waals surface area contributed by atoms with Gasteiger partial charge in [0.05, 0.1) is 12.2 Å². The van der Waals surface area contributed by atoms with Crippen LogP contribution >= 0.6 is 11.3 Å². The summed E-state index contributed by atoms with van der Waals surface area (Å²) in [6.07, 6.45) is 3.28. The lowest BCUT2D eigenvalue weighted by atomic mass is 10.0. The van der Waals surface area contributed by atoms with Gasteiger partial charge in [0.15, 0.2) is 11.7 Å². The molecule has 0 spiro atoms. The first kappa shape index (κ1) is 18.8. The zero-order valence-corrected chi connectivity index (χ0v) is 17.1. The summed E-state index contributed by atoms with van der Waals surface area (Å²) >= 11 is 1.74. The number of amides is 1. The lowest BCUT2D eigenvalue weighted by Gasteiger charge is -2.26. The van der Waals surface area contributed by atoms with Crippen LogP contribution < -0.4 is 15.0 Å². The average Bonchev–Trinajstić information content (AvgIpc) is 3.24. The summed E-state index contributed by atoms with van der Waals surface area (Å²) in [6.45, 7) is 4.49. The molecular weight excluding hydrogens is 391 g/mol. The van der Waals surface area contributed by atoms with Crippen molar-refractivity contribution in [2.45, 2.75) is 31.8 Å². The number of carbonyl (C=O) groups excluding carboxylic acids is 1. The van der Waals surface area contributed by atoms with Crippen molar-refractivity contribution in [1.29, 1.82) is 0 Å². The highest BCUT2D eigenvalue weighted by Crippen LogP contribution is 2.37. The van der Waals surface area contributed by atoms with Gasteiger partial charge in [-0.25, -0.2) is 9.37 Å². The van der Waals surface area contributed by atoms with Crippen LogP contribution in [0.5, 0.6) is 5.75 Å². The second-order valence-electron chi connectivity index (χ2n) is 8.07. The number of benzene rings is 1. The third kappa shape index (κ3) is 3.96. The Labute approximate surface area is 173 Å². The van der Waals surface area contributed by atoms with E-state index in [-0.39, 0.29) is 18.3 Å². The van der Waals surface area contributed by atoms with E-state index < -0.39 is 0 Å². The second kappa shape index (κ2) is 7.91. The number of ether oxygens (including phenoxy) is 1. The monoisotopic (exact) mass is 416 g/mol. The van der Waals surface area contributed by atoms with Crippen LogP contribution in [0, 0.1) is 11.7 Å². The molecule has 2 bridgehead atoms. The Morgan fingerprint density at radius 3 is 3.07 bits per heavy atom. The molecule has 3 aliphatic heterocycles. The number of carbonyl (C=O) groups is 1. The maximum Gasteiger partial charge on any atom is 0.260 e. The molecule has 2 atom stereocenters. The highest BCUT2D eigenvalue weighted by Gasteiger charge is 2.36. The first-order valence-electron chi connectivity index (χ1n) is 10.3. The van der Waals surface area contributed by atoms with Gasteiger partial charge in [0.1, 0.15) is 11.6 Å². The molecule has 0 saturated carbocycles. The fourth-order valence-corrected chi connectivity index (χ4v) is 5.71. The molecule has 1 aromatic heterocycles. The number of nitrogens with one attached hydrogen (secondary N) is 1. The van der Waals surface area contributed by atoms with E-state index in [1.54, 1.807) is 11.3 Å². The molecule has 8 heteroatoms. The second-order valence-corrected chi connectivity index (χ2v) is 9.14. The number of thiazole rings is 1. The molecule has 5 rings (SSSR count). The van der Waals surface area contributed by atoms with E-state index in [9.17, 15) is 9.18 Å². The molecule has 1 aromatic carbocycles. The number of anilines is 1. The lowest BCUT2D eigenvalue weighted by molar-refractivity contribution is -0.134. The zero-order chi connectivity index (χ0) is 19.8. The molecule has 2 aromatic rings. The molecular formula is C21H25FN4O2S. The predicted octanol–water partition coefficient (Wildman–Crippen LogP) is 2.43. The number of hydrogen-bond acceptors (Lipinski definition) is 6. The number of nitrogens with zero attached hydrogens (tertiary/aromatic N) is 3. The summed E-state index contributed by atoms with van der Waals surface area (Å²) in [5.41, 5.74) is 1.14. The maximum atomic E-state index is 13.0. The molecule has 4 heterocycles. The minimum absolute atomic E-state index is 0.0336. The van der Waals surface area contributed by atoms with Crippen LogP contribution in [0.15, 0.2) is 24.3 Å². The van der Waals surface area contributed by atoms with Crippen molar-refractivity contribution in [2.24, 2.45) is 5.92 Å². The van der Waals surface area contributed by atoms with Crippen LogP contribution in [-0.4, -0.2) is 54.6 Å². The van der Waals surface area contributed by atoms with Crippen molar-refractivity contribution < 1.29 is 13.9 Å². The fourth-order valence-electron chi connectivity index (χ4n) is 4.51. The van der Waals surface area contributed by atoms with Gasteiger partial charge in [0.25, 0.3) is 5.91 Å². The van der Waals surface area contributed by atoms with Crippen LogP contribution in [0.3, 0.4) is 0 Å². The van der Waals surface area contributed by atoms with Crippen molar-refractivity contribution >= 4 is 22.4 Å². The molecule has 3 aliphatic rings. The molecule has 1 amide bonds. The quantitative estimate of drug-likeness (QED) is 0.830. The summed E-state index contributed by atoms with van der Waals surface area (Å²) in [5.74, 6) is 0.897. The Morgan fingerprint density at radius 1 is 1.34 bits per heavy atom. The molecule has 0 radical (unpaired) electrons. The smallest absolute Gasteiger partial charge is 0.260 e. The molecule has 1 N–H and O–H groups in total. The molecule has 29 heavy (non-hydrogen) atoms. The van der Waals surface area contributed by atoms with Gasteiger partial charge in [0.2, 0.25) is 0 Å². The molecule has 0 aliphatic carbocycles. The number of aromatic nitrogens is 1. The number of halogens is 1. The van der Waals surface area contributed by atoms with Gasteiger partial charge < -0.3 is 19.9 Å². The van der Waals surface area contributed by atoms with Crippen LogP contribution in [0.4, 0.5) is 9.52 Å². The Hall–Kier alpha value is -2.19. The van der Waals surface area contributed by atoms with E-state index in [0.717, 1.165) is 42.8 Å². The first-order chi connectivity index (χ1) is 14.2. The van der Waals surface area contributed by atoms with E-state index in [4.69, 9.17) is 9.72 Å². The fraction of sp³-hybridized carbons (Fsp3) is 0.524.